The quantitative estimate of drug-likeness (QED) is 0.161. The molecule has 0 spiro atoms. The van der Waals surface area contributed by atoms with Crippen molar-refractivity contribution in [2.45, 2.75) is 0 Å². The SMILES string of the molecule is N#Cc1ccc2c(c1)c1ccccc1n2-c1cc2c(-c3nc(-c4ccccc4)nc(-c4ccccc4)n3)cc(=O)sc2c(-n2c3ccccc3c3cc(C#N)ccc32)c1-n1c2ccccc2c2cc(C#N)ccc21. The van der Waals surface area contributed by atoms with Gasteiger partial charge in [-0.3, -0.25) is 4.79 Å². The molecule has 0 N–H and O–H groups in total. The van der Waals surface area contributed by atoms with Crippen LogP contribution in [0.15, 0.2) is 205 Å². The van der Waals surface area contributed by atoms with E-state index in [9.17, 15) is 20.6 Å². The summed E-state index contributed by atoms with van der Waals surface area (Å²) in [4.78, 5) is 30.4. The Bertz CT molecular complexity index is 4850. The van der Waals surface area contributed by atoms with Crippen molar-refractivity contribution in [1.82, 2.24) is 28.7 Å². The number of nitriles is 3. The van der Waals surface area contributed by atoms with E-state index >= 15 is 0 Å². The largest absolute Gasteiger partial charge is 0.307 e. The number of fused-ring (bicyclic) bond motifs is 10. The summed E-state index contributed by atoms with van der Waals surface area (Å²) >= 11 is 1.15. The number of para-hydroxylation sites is 3. The lowest BCUT2D eigenvalue weighted by Gasteiger charge is -2.24. The van der Waals surface area contributed by atoms with Crippen LogP contribution >= 0.6 is 11.3 Å². The second kappa shape index (κ2) is 16.5. The first kappa shape index (κ1) is 42.4. The van der Waals surface area contributed by atoms with E-state index in [-0.39, 0.29) is 4.74 Å². The Balaban J connectivity index is 1.26. The van der Waals surface area contributed by atoms with Crippen LogP contribution in [0.25, 0.3) is 127 Å². The van der Waals surface area contributed by atoms with E-state index in [0.717, 1.165) is 99.3 Å². The summed E-state index contributed by atoms with van der Waals surface area (Å²) in [7, 11) is 0. The highest BCUT2D eigenvalue weighted by Gasteiger charge is 2.30. The van der Waals surface area contributed by atoms with Gasteiger partial charge in [-0.1, -0.05) is 127 Å². The summed E-state index contributed by atoms with van der Waals surface area (Å²) < 4.78 is 7.20. The number of hydrogen-bond acceptors (Lipinski definition) is 8. The molecule has 10 nitrogen and oxygen atoms in total. The second-order valence-electron chi connectivity index (χ2n) is 18.1. The van der Waals surface area contributed by atoms with E-state index < -0.39 is 0 Å². The molecule has 0 fully saturated rings. The molecule has 0 aliphatic rings. The van der Waals surface area contributed by atoms with Crippen LogP contribution in [0, 0.1) is 34.0 Å². The van der Waals surface area contributed by atoms with Gasteiger partial charge in [-0.05, 0) is 78.9 Å². The van der Waals surface area contributed by atoms with Gasteiger partial charge in [0.2, 0.25) is 4.74 Å². The average Bonchev–Trinajstić information content (AvgIpc) is 4.17. The van der Waals surface area contributed by atoms with Crippen molar-refractivity contribution < 1.29 is 0 Å². The first-order valence-corrected chi connectivity index (χ1v) is 24.6. The highest BCUT2D eigenvalue weighted by molar-refractivity contribution is 7.17. The van der Waals surface area contributed by atoms with E-state index in [1.807, 2.05) is 152 Å². The maximum atomic E-state index is 15.0. The average molecular weight is 964 g/mol. The van der Waals surface area contributed by atoms with Crippen LogP contribution in [0.5, 0.6) is 0 Å². The molecule has 0 radical (unpaired) electrons. The predicted octanol–water partition coefficient (Wildman–Crippen LogP) is 14.4. The van der Waals surface area contributed by atoms with Gasteiger partial charge in [0, 0.05) is 60.5 Å². The lowest BCUT2D eigenvalue weighted by molar-refractivity contribution is 1.06. The zero-order chi connectivity index (χ0) is 49.6. The molecule has 0 bridgehead atoms. The van der Waals surface area contributed by atoms with Crippen molar-refractivity contribution in [3.63, 3.8) is 0 Å². The Morgan fingerprint density at radius 2 is 0.757 bits per heavy atom. The van der Waals surface area contributed by atoms with Gasteiger partial charge in [0.05, 0.1) is 89.8 Å². The number of benzene rings is 9. The Hall–Kier alpha value is -10.5. The first-order chi connectivity index (χ1) is 36.5. The summed E-state index contributed by atoms with van der Waals surface area (Å²) in [5.41, 5.74) is 11.0. The van der Waals surface area contributed by atoms with Gasteiger partial charge in [-0.25, -0.2) is 15.0 Å². The fourth-order valence-corrected chi connectivity index (χ4v) is 11.8. The molecule has 0 aliphatic heterocycles. The highest BCUT2D eigenvalue weighted by atomic mass is 32.1. The lowest BCUT2D eigenvalue weighted by Crippen LogP contribution is -2.11. The normalized spacial score (nSPS) is 11.5. The molecule has 14 aromatic rings. The van der Waals surface area contributed by atoms with E-state index in [4.69, 9.17) is 15.0 Å². The predicted molar refractivity (Wildman–Crippen MR) is 295 cm³/mol. The van der Waals surface area contributed by atoms with Gasteiger partial charge in [-0.15, -0.1) is 0 Å². The lowest BCUT2D eigenvalue weighted by atomic mass is 10.0. The maximum absolute atomic E-state index is 15.0. The third-order valence-corrected chi connectivity index (χ3v) is 14.9. The summed E-state index contributed by atoms with van der Waals surface area (Å²) in [5, 5.41) is 37.0. The smallest absolute Gasteiger partial charge is 0.233 e. The van der Waals surface area contributed by atoms with Crippen LogP contribution in [-0.4, -0.2) is 28.7 Å². The molecule has 14 rings (SSSR count). The molecule has 9 aromatic carbocycles. The molecule has 0 unspecified atom stereocenters. The maximum Gasteiger partial charge on any atom is 0.233 e. The molecule has 5 aromatic heterocycles. The number of hydrogen-bond donors (Lipinski definition) is 0. The van der Waals surface area contributed by atoms with Crippen LogP contribution in [0.1, 0.15) is 16.7 Å². The third kappa shape index (κ3) is 6.40. The van der Waals surface area contributed by atoms with Crippen LogP contribution in [0.3, 0.4) is 0 Å². The minimum absolute atomic E-state index is 0.218. The van der Waals surface area contributed by atoms with E-state index in [1.165, 1.54) is 0 Å². The van der Waals surface area contributed by atoms with Crippen LogP contribution in [0.2, 0.25) is 0 Å². The van der Waals surface area contributed by atoms with Crippen molar-refractivity contribution in [2.75, 3.05) is 0 Å². The van der Waals surface area contributed by atoms with Gasteiger partial charge in [-0.2, -0.15) is 15.8 Å². The van der Waals surface area contributed by atoms with Crippen molar-refractivity contribution >= 4 is 86.8 Å². The van der Waals surface area contributed by atoms with E-state index in [1.54, 1.807) is 6.07 Å². The van der Waals surface area contributed by atoms with Gasteiger partial charge in [0.15, 0.2) is 17.5 Å². The second-order valence-corrected chi connectivity index (χ2v) is 19.1. The monoisotopic (exact) mass is 963 g/mol. The van der Waals surface area contributed by atoms with Crippen molar-refractivity contribution in [1.29, 1.82) is 15.8 Å². The number of rotatable bonds is 6. The first-order valence-electron chi connectivity index (χ1n) is 23.8. The zero-order valence-corrected chi connectivity index (χ0v) is 39.7. The third-order valence-electron chi connectivity index (χ3n) is 14.0. The molecule has 5 heterocycles. The van der Waals surface area contributed by atoms with Gasteiger partial charge >= 0.3 is 0 Å². The fraction of sp³-hybridized carbons (Fsp3) is 0. The van der Waals surface area contributed by atoms with Crippen molar-refractivity contribution in [2.24, 2.45) is 0 Å². The van der Waals surface area contributed by atoms with Gasteiger partial charge < -0.3 is 13.7 Å². The molecule has 342 valence electrons. The molecule has 74 heavy (non-hydrogen) atoms. The summed E-state index contributed by atoms with van der Waals surface area (Å²) in [6.07, 6.45) is 0. The minimum Gasteiger partial charge on any atom is -0.307 e. The van der Waals surface area contributed by atoms with Crippen molar-refractivity contribution in [3.8, 4) is 69.4 Å². The highest BCUT2D eigenvalue weighted by Crippen LogP contribution is 2.48. The Morgan fingerprint density at radius 3 is 1.23 bits per heavy atom. The molecule has 11 heteroatoms. The Labute approximate surface area is 425 Å². The molecule has 0 saturated carbocycles. The standard InChI is InChI=1S/C63H33N9OS/c64-34-37-23-26-53-45(29-37)42-17-7-10-20-50(42)70(53)56-32-48-49(63-68-61(40-13-3-1-4-14-40)67-62(69-63)41-15-5-2-6-16-41)33-57(73)74-60(48)59(72-52-22-12-9-19-44(52)47-31-39(36-66)25-28-55(47)72)58(56)71-51-21-11-8-18-43(51)46-30-38(35-65)24-27-54(46)71/h1-33H. The molecular formula is C63H33N9OS. The van der Waals surface area contributed by atoms with Crippen molar-refractivity contribution in [3.05, 3.63) is 226 Å². The van der Waals surface area contributed by atoms with Gasteiger partial charge in [0.1, 0.15) is 0 Å². The molecule has 0 saturated heterocycles. The summed E-state index contributed by atoms with van der Waals surface area (Å²) in [5.74, 6) is 1.22. The number of nitrogens with zero attached hydrogens (tertiary/aromatic N) is 9. The topological polar surface area (TPSA) is 142 Å². The molecular weight excluding hydrogens is 931 g/mol. The Kier molecular flexibility index (Phi) is 9.48. The van der Waals surface area contributed by atoms with E-state index in [2.05, 4.69) is 74.4 Å². The fourth-order valence-electron chi connectivity index (χ4n) is 10.8. The zero-order valence-electron chi connectivity index (χ0n) is 38.9. The summed E-state index contributed by atoms with van der Waals surface area (Å²) in [6, 6.07) is 72.3. The van der Waals surface area contributed by atoms with Crippen LogP contribution in [0.4, 0.5) is 0 Å². The van der Waals surface area contributed by atoms with Crippen LogP contribution < -0.4 is 4.74 Å². The van der Waals surface area contributed by atoms with E-state index in [0.29, 0.717) is 55.5 Å². The molecule has 0 amide bonds. The van der Waals surface area contributed by atoms with Gasteiger partial charge in [0.25, 0.3) is 0 Å². The minimum atomic E-state index is -0.218. The Morgan fingerprint density at radius 1 is 0.365 bits per heavy atom. The number of aromatic nitrogens is 6. The summed E-state index contributed by atoms with van der Waals surface area (Å²) in [6.45, 7) is 0. The van der Waals surface area contributed by atoms with Crippen LogP contribution in [-0.2, 0) is 0 Å². The molecule has 0 aliphatic carbocycles. The molecule has 0 atom stereocenters.